The summed E-state index contributed by atoms with van der Waals surface area (Å²) >= 11 is 0. The molecule has 130 valence electrons. The van der Waals surface area contributed by atoms with Crippen molar-refractivity contribution in [3.8, 4) is 11.3 Å². The van der Waals surface area contributed by atoms with Gasteiger partial charge in [0.2, 0.25) is 0 Å². The van der Waals surface area contributed by atoms with E-state index in [1.807, 2.05) is 29.6 Å². The summed E-state index contributed by atoms with van der Waals surface area (Å²) in [5.74, 6) is 1.69. The average molecular weight is 341 g/mol. The average Bonchev–Trinajstić information content (AvgIpc) is 3.33. The number of amides is 2. The molecule has 3 aromatic heterocycles. The summed E-state index contributed by atoms with van der Waals surface area (Å²) in [7, 11) is 1.89. The molecule has 0 aromatic carbocycles. The highest BCUT2D eigenvalue weighted by Crippen LogP contribution is 2.32. The molecule has 0 saturated carbocycles. The maximum absolute atomic E-state index is 12.7. The zero-order chi connectivity index (χ0) is 17.4. The van der Waals surface area contributed by atoms with Gasteiger partial charge < -0.3 is 13.8 Å². The van der Waals surface area contributed by atoms with Crippen LogP contribution >= 0.6 is 0 Å². The second-order valence-corrected chi connectivity index (χ2v) is 6.13. The fourth-order valence-electron chi connectivity index (χ4n) is 3.31. The van der Waals surface area contributed by atoms with Crippen molar-refractivity contribution in [1.29, 1.82) is 0 Å². The van der Waals surface area contributed by atoms with Crippen LogP contribution in [-0.4, -0.2) is 32.4 Å². The lowest BCUT2D eigenvalue weighted by Crippen LogP contribution is -2.35. The highest BCUT2D eigenvalue weighted by Gasteiger charge is 2.32. The molecule has 1 aliphatic heterocycles. The van der Waals surface area contributed by atoms with E-state index in [9.17, 15) is 4.79 Å². The van der Waals surface area contributed by atoms with E-state index in [1.165, 1.54) is 0 Å². The Morgan fingerprint density at radius 2 is 2.28 bits per heavy atom. The fourth-order valence-corrected chi connectivity index (χ4v) is 3.31. The Hall–Kier alpha value is -3.03. The summed E-state index contributed by atoms with van der Waals surface area (Å²) in [5, 5.41) is 11.0. The number of furan rings is 1. The lowest BCUT2D eigenvalue weighted by atomic mass is 10.1. The molecule has 1 aliphatic rings. The predicted molar refractivity (Wildman–Crippen MR) is 89.8 cm³/mol. The van der Waals surface area contributed by atoms with Gasteiger partial charge in [-0.15, -0.1) is 0 Å². The molecule has 0 radical (unpaired) electrons. The molecule has 0 spiro atoms. The minimum absolute atomic E-state index is 0.0231. The number of nitrogens with one attached hydrogen (secondary N) is 1. The Morgan fingerprint density at radius 1 is 1.40 bits per heavy atom. The van der Waals surface area contributed by atoms with Gasteiger partial charge in [-0.2, -0.15) is 5.10 Å². The van der Waals surface area contributed by atoms with E-state index in [4.69, 9.17) is 8.94 Å². The van der Waals surface area contributed by atoms with Gasteiger partial charge in [0.05, 0.1) is 23.6 Å². The number of hydrogen-bond donors (Lipinski definition) is 1. The van der Waals surface area contributed by atoms with Crippen LogP contribution < -0.4 is 5.32 Å². The first-order valence-corrected chi connectivity index (χ1v) is 8.20. The normalized spacial score (nSPS) is 17.2. The highest BCUT2D eigenvalue weighted by molar-refractivity contribution is 5.89. The van der Waals surface area contributed by atoms with Crippen molar-refractivity contribution in [3.63, 3.8) is 0 Å². The van der Waals surface area contributed by atoms with Crippen molar-refractivity contribution in [2.24, 2.45) is 7.05 Å². The van der Waals surface area contributed by atoms with Gasteiger partial charge in [0.25, 0.3) is 0 Å². The predicted octanol–water partition coefficient (Wildman–Crippen LogP) is 3.35. The zero-order valence-corrected chi connectivity index (χ0v) is 14.1. The van der Waals surface area contributed by atoms with E-state index in [1.54, 1.807) is 24.6 Å². The van der Waals surface area contributed by atoms with Crippen LogP contribution in [0.3, 0.4) is 0 Å². The number of aromatic nitrogens is 3. The second-order valence-electron chi connectivity index (χ2n) is 6.13. The summed E-state index contributed by atoms with van der Waals surface area (Å²) in [4.78, 5) is 14.5. The molecule has 4 rings (SSSR count). The number of aryl methyl sites for hydroxylation is 2. The molecule has 1 atom stereocenters. The highest BCUT2D eigenvalue weighted by atomic mass is 16.5. The maximum atomic E-state index is 12.7. The largest absolute Gasteiger partial charge is 0.469 e. The molecular weight excluding hydrogens is 322 g/mol. The van der Waals surface area contributed by atoms with Crippen LogP contribution in [0.25, 0.3) is 11.3 Å². The van der Waals surface area contributed by atoms with Gasteiger partial charge in [-0.1, -0.05) is 5.16 Å². The van der Waals surface area contributed by atoms with E-state index >= 15 is 0 Å². The van der Waals surface area contributed by atoms with Crippen LogP contribution in [0.2, 0.25) is 0 Å². The summed E-state index contributed by atoms with van der Waals surface area (Å²) in [6.45, 7) is 2.55. The van der Waals surface area contributed by atoms with Gasteiger partial charge in [0.1, 0.15) is 5.76 Å². The smallest absolute Gasteiger partial charge is 0.323 e. The number of anilines is 1. The number of urea groups is 1. The molecular formula is C17H19N5O3. The summed E-state index contributed by atoms with van der Waals surface area (Å²) in [6, 6.07) is 5.29. The monoisotopic (exact) mass is 341 g/mol. The Morgan fingerprint density at radius 3 is 3.00 bits per heavy atom. The van der Waals surface area contributed by atoms with Crippen LogP contribution in [0.4, 0.5) is 10.6 Å². The molecule has 2 amide bonds. The molecule has 1 unspecified atom stereocenters. The molecule has 1 fully saturated rings. The maximum Gasteiger partial charge on any atom is 0.323 e. The second kappa shape index (κ2) is 6.12. The summed E-state index contributed by atoms with van der Waals surface area (Å²) < 4.78 is 12.4. The first-order chi connectivity index (χ1) is 12.1. The van der Waals surface area contributed by atoms with Gasteiger partial charge in [-0.25, -0.2) is 4.79 Å². The first kappa shape index (κ1) is 15.5. The quantitative estimate of drug-likeness (QED) is 0.789. The van der Waals surface area contributed by atoms with E-state index in [0.29, 0.717) is 18.1 Å². The van der Waals surface area contributed by atoms with Gasteiger partial charge in [-0.05, 0) is 31.9 Å². The Bertz CT molecular complexity index is 894. The number of rotatable bonds is 3. The molecule has 3 aromatic rings. The van der Waals surface area contributed by atoms with Crippen LogP contribution in [0.15, 0.2) is 39.6 Å². The van der Waals surface area contributed by atoms with Crippen LogP contribution in [0, 0.1) is 6.92 Å². The molecule has 4 heterocycles. The SMILES string of the molecule is Cc1occc1-c1cc(NC(=O)N2CCCC2c2ccnn2C)no1. The molecule has 1 N–H and O–H groups in total. The van der Waals surface area contributed by atoms with Crippen molar-refractivity contribution in [3.05, 3.63) is 42.1 Å². The fraction of sp³-hybridized carbons (Fsp3) is 0.353. The van der Waals surface area contributed by atoms with E-state index in [0.717, 1.165) is 29.9 Å². The van der Waals surface area contributed by atoms with Crippen LogP contribution in [0.1, 0.15) is 30.3 Å². The minimum Gasteiger partial charge on any atom is -0.469 e. The molecule has 0 aliphatic carbocycles. The van der Waals surface area contributed by atoms with Gasteiger partial charge in [0, 0.05) is 25.9 Å². The third-order valence-electron chi connectivity index (χ3n) is 4.58. The van der Waals surface area contributed by atoms with E-state index < -0.39 is 0 Å². The van der Waals surface area contributed by atoms with Crippen LogP contribution in [0.5, 0.6) is 0 Å². The van der Waals surface area contributed by atoms with Crippen molar-refractivity contribution in [2.75, 3.05) is 11.9 Å². The van der Waals surface area contributed by atoms with Gasteiger partial charge in [-0.3, -0.25) is 10.00 Å². The lowest BCUT2D eigenvalue weighted by molar-refractivity contribution is 0.204. The molecule has 0 bridgehead atoms. The molecule has 8 heteroatoms. The summed E-state index contributed by atoms with van der Waals surface area (Å²) in [5.41, 5.74) is 1.85. The topological polar surface area (TPSA) is 89.3 Å². The molecule has 1 saturated heterocycles. The van der Waals surface area contributed by atoms with E-state index in [2.05, 4.69) is 15.6 Å². The number of carbonyl (C=O) groups is 1. The third-order valence-corrected chi connectivity index (χ3v) is 4.58. The number of likely N-dealkylation sites (tertiary alicyclic amines) is 1. The molecule has 25 heavy (non-hydrogen) atoms. The third kappa shape index (κ3) is 2.79. The first-order valence-electron chi connectivity index (χ1n) is 8.20. The number of hydrogen-bond acceptors (Lipinski definition) is 5. The Balaban J connectivity index is 1.50. The van der Waals surface area contributed by atoms with E-state index in [-0.39, 0.29) is 12.1 Å². The van der Waals surface area contributed by atoms with Crippen molar-refractivity contribution < 1.29 is 13.7 Å². The Kier molecular flexibility index (Phi) is 3.79. The Labute approximate surface area is 144 Å². The summed E-state index contributed by atoms with van der Waals surface area (Å²) in [6.07, 6.45) is 5.22. The minimum atomic E-state index is -0.188. The number of nitrogens with zero attached hydrogens (tertiary/aromatic N) is 4. The van der Waals surface area contributed by atoms with Gasteiger partial charge in [0.15, 0.2) is 11.6 Å². The van der Waals surface area contributed by atoms with Crippen molar-refractivity contribution >= 4 is 11.8 Å². The van der Waals surface area contributed by atoms with Gasteiger partial charge >= 0.3 is 6.03 Å². The lowest BCUT2D eigenvalue weighted by Gasteiger charge is -2.24. The van der Waals surface area contributed by atoms with Crippen molar-refractivity contribution in [2.45, 2.75) is 25.8 Å². The standard InChI is InChI=1S/C17H19N5O3/c1-11-12(6-9-24-11)15-10-16(20-25-15)19-17(23)22-8-3-4-14(22)13-5-7-18-21(13)2/h5-7,9-10,14H,3-4,8H2,1-2H3,(H,19,20,23). The van der Waals surface area contributed by atoms with Crippen molar-refractivity contribution in [1.82, 2.24) is 19.8 Å². The molecule has 8 nitrogen and oxygen atoms in total. The zero-order valence-electron chi connectivity index (χ0n) is 14.1. The number of carbonyl (C=O) groups excluding carboxylic acids is 1. The van der Waals surface area contributed by atoms with Crippen LogP contribution in [-0.2, 0) is 7.05 Å².